The van der Waals surface area contributed by atoms with E-state index in [2.05, 4.69) is 4.98 Å². The van der Waals surface area contributed by atoms with E-state index >= 15 is 0 Å². The fourth-order valence-electron chi connectivity index (χ4n) is 2.69. The van der Waals surface area contributed by atoms with Crippen LogP contribution in [-0.2, 0) is 9.47 Å². The summed E-state index contributed by atoms with van der Waals surface area (Å²) in [6.45, 7) is 8.70. The number of Topliss-reactive ketones (excluding diaryl/α,β-unsaturated/α-hetero) is 1. The van der Waals surface area contributed by atoms with Crippen molar-refractivity contribution in [3.8, 4) is 0 Å². The van der Waals surface area contributed by atoms with Crippen molar-refractivity contribution in [2.45, 2.75) is 40.7 Å². The van der Waals surface area contributed by atoms with Crippen molar-refractivity contribution >= 4 is 17.7 Å². The number of aryl methyl sites for hydroxylation is 2. The minimum atomic E-state index is -0.940. The van der Waals surface area contributed by atoms with Crippen LogP contribution in [0.5, 0.6) is 0 Å². The predicted octanol–water partition coefficient (Wildman–Crippen LogP) is 3.54. The molecule has 1 heterocycles. The molecule has 0 fully saturated rings. The Morgan fingerprint density at radius 2 is 1.65 bits per heavy atom. The van der Waals surface area contributed by atoms with Crippen LogP contribution < -0.4 is 0 Å². The fraction of sp³-hybridized carbons (Fsp3) is 0.350. The molecule has 0 aliphatic rings. The second-order valence-electron chi connectivity index (χ2n) is 6.12. The number of hydrogen-bond donors (Lipinski definition) is 1. The van der Waals surface area contributed by atoms with Gasteiger partial charge in [0, 0.05) is 11.3 Å². The number of ether oxygens (including phenoxy) is 2. The minimum Gasteiger partial charge on any atom is -0.461 e. The lowest BCUT2D eigenvalue weighted by molar-refractivity contribution is 0.0317. The van der Waals surface area contributed by atoms with Gasteiger partial charge < -0.3 is 14.5 Å². The summed E-state index contributed by atoms with van der Waals surface area (Å²) < 4.78 is 10.3. The molecule has 138 valence electrons. The van der Waals surface area contributed by atoms with Crippen molar-refractivity contribution in [2.24, 2.45) is 0 Å². The molecule has 0 bridgehead atoms. The Morgan fingerprint density at radius 3 is 2.23 bits per heavy atom. The Balaban J connectivity index is 2.18. The van der Waals surface area contributed by atoms with Crippen LogP contribution in [0.25, 0.3) is 0 Å². The lowest BCUT2D eigenvalue weighted by atomic mass is 10.1. The van der Waals surface area contributed by atoms with Crippen LogP contribution in [0.2, 0.25) is 0 Å². The average Bonchev–Trinajstić information content (AvgIpc) is 2.89. The third-order valence-electron chi connectivity index (χ3n) is 4.11. The molecule has 6 nitrogen and oxygen atoms in total. The number of rotatable bonds is 6. The highest BCUT2D eigenvalue weighted by Gasteiger charge is 2.27. The standard InChI is InChI=1S/C20H23NO5/c1-6-25-20(24)17-12(3)16(13(4)21-17)19(23)26-14(5)18(22)15-9-7-11(2)8-10-15/h7-10,14,21H,6H2,1-5H3. The number of aromatic nitrogens is 1. The van der Waals surface area contributed by atoms with Gasteiger partial charge in [0.1, 0.15) is 5.69 Å². The molecular weight excluding hydrogens is 334 g/mol. The first kappa shape index (κ1) is 19.4. The van der Waals surface area contributed by atoms with Gasteiger partial charge in [-0.2, -0.15) is 0 Å². The zero-order valence-corrected chi connectivity index (χ0v) is 15.6. The summed E-state index contributed by atoms with van der Waals surface area (Å²) in [6.07, 6.45) is -0.940. The second-order valence-corrected chi connectivity index (χ2v) is 6.12. The molecule has 1 unspecified atom stereocenters. The van der Waals surface area contributed by atoms with Gasteiger partial charge in [0.15, 0.2) is 6.10 Å². The number of hydrogen-bond acceptors (Lipinski definition) is 5. The molecule has 0 aliphatic carbocycles. The van der Waals surface area contributed by atoms with Gasteiger partial charge in [-0.3, -0.25) is 4.79 Å². The van der Waals surface area contributed by atoms with E-state index in [1.165, 1.54) is 6.92 Å². The third-order valence-corrected chi connectivity index (χ3v) is 4.11. The van der Waals surface area contributed by atoms with Gasteiger partial charge in [-0.25, -0.2) is 9.59 Å². The van der Waals surface area contributed by atoms with Crippen molar-refractivity contribution in [1.82, 2.24) is 4.98 Å². The smallest absolute Gasteiger partial charge is 0.355 e. The maximum atomic E-state index is 12.5. The summed E-state index contributed by atoms with van der Waals surface area (Å²) in [5.74, 6) is -1.47. The minimum absolute atomic E-state index is 0.216. The molecule has 0 amide bonds. The van der Waals surface area contributed by atoms with Crippen molar-refractivity contribution in [2.75, 3.05) is 6.61 Å². The molecule has 0 aliphatic heterocycles. The quantitative estimate of drug-likeness (QED) is 0.631. The first-order valence-electron chi connectivity index (χ1n) is 8.44. The fourth-order valence-corrected chi connectivity index (χ4v) is 2.69. The lowest BCUT2D eigenvalue weighted by Gasteiger charge is -2.13. The van der Waals surface area contributed by atoms with E-state index in [1.54, 1.807) is 32.9 Å². The first-order valence-corrected chi connectivity index (χ1v) is 8.44. The monoisotopic (exact) mass is 357 g/mol. The third kappa shape index (κ3) is 4.02. The summed E-state index contributed by atoms with van der Waals surface area (Å²) >= 11 is 0. The van der Waals surface area contributed by atoms with E-state index in [-0.39, 0.29) is 23.6 Å². The molecule has 2 rings (SSSR count). The zero-order chi connectivity index (χ0) is 19.4. The van der Waals surface area contributed by atoms with Crippen molar-refractivity contribution < 1.29 is 23.9 Å². The van der Waals surface area contributed by atoms with Gasteiger partial charge in [-0.15, -0.1) is 0 Å². The van der Waals surface area contributed by atoms with Crippen LogP contribution in [0.4, 0.5) is 0 Å². The van der Waals surface area contributed by atoms with E-state index in [0.29, 0.717) is 16.8 Å². The molecule has 0 saturated heterocycles. The van der Waals surface area contributed by atoms with Crippen LogP contribution in [0.1, 0.15) is 61.9 Å². The topological polar surface area (TPSA) is 85.5 Å². The Hall–Kier alpha value is -2.89. The number of nitrogens with one attached hydrogen (secondary N) is 1. The molecule has 1 N–H and O–H groups in total. The van der Waals surface area contributed by atoms with Crippen LogP contribution in [-0.4, -0.2) is 35.4 Å². The number of esters is 2. The Labute approximate surface area is 152 Å². The second kappa shape index (κ2) is 7.99. The molecule has 1 aromatic heterocycles. The van der Waals surface area contributed by atoms with Gasteiger partial charge in [0.2, 0.25) is 5.78 Å². The average molecular weight is 357 g/mol. The summed E-state index contributed by atoms with van der Waals surface area (Å²) in [7, 11) is 0. The number of carbonyl (C=O) groups excluding carboxylic acids is 3. The van der Waals surface area contributed by atoms with Crippen LogP contribution in [0.3, 0.4) is 0 Å². The van der Waals surface area contributed by atoms with Crippen molar-refractivity contribution in [3.05, 3.63) is 57.9 Å². The largest absolute Gasteiger partial charge is 0.461 e. The zero-order valence-electron chi connectivity index (χ0n) is 15.6. The maximum Gasteiger partial charge on any atom is 0.355 e. The lowest BCUT2D eigenvalue weighted by Crippen LogP contribution is -2.25. The van der Waals surface area contributed by atoms with E-state index in [0.717, 1.165) is 5.56 Å². The number of aromatic amines is 1. The van der Waals surface area contributed by atoms with E-state index in [9.17, 15) is 14.4 Å². The van der Waals surface area contributed by atoms with Gasteiger partial charge in [-0.1, -0.05) is 29.8 Å². The molecule has 26 heavy (non-hydrogen) atoms. The molecule has 0 radical (unpaired) electrons. The van der Waals surface area contributed by atoms with E-state index in [1.807, 2.05) is 19.1 Å². The van der Waals surface area contributed by atoms with Crippen LogP contribution >= 0.6 is 0 Å². The highest BCUT2D eigenvalue weighted by atomic mass is 16.5. The van der Waals surface area contributed by atoms with Gasteiger partial charge in [-0.05, 0) is 40.2 Å². The Kier molecular flexibility index (Phi) is 5.97. The number of carbonyl (C=O) groups is 3. The normalized spacial score (nSPS) is 11.7. The van der Waals surface area contributed by atoms with Crippen LogP contribution in [0, 0.1) is 20.8 Å². The molecule has 1 atom stereocenters. The SMILES string of the molecule is CCOC(=O)c1[nH]c(C)c(C(=O)OC(C)C(=O)c2ccc(C)cc2)c1C. The Bertz CT molecular complexity index is 833. The van der Waals surface area contributed by atoms with Crippen molar-refractivity contribution in [3.63, 3.8) is 0 Å². The van der Waals surface area contributed by atoms with E-state index in [4.69, 9.17) is 9.47 Å². The van der Waals surface area contributed by atoms with Gasteiger partial charge >= 0.3 is 11.9 Å². The summed E-state index contributed by atoms with van der Waals surface area (Å²) in [5.41, 5.74) is 2.92. The molecule has 0 spiro atoms. The molecule has 2 aromatic rings. The number of benzene rings is 1. The number of ketones is 1. The van der Waals surface area contributed by atoms with Crippen molar-refractivity contribution in [1.29, 1.82) is 0 Å². The van der Waals surface area contributed by atoms with Gasteiger partial charge in [0.25, 0.3) is 0 Å². The summed E-state index contributed by atoms with van der Waals surface area (Å²) in [4.78, 5) is 39.8. The predicted molar refractivity (Wildman–Crippen MR) is 96.6 cm³/mol. The highest BCUT2D eigenvalue weighted by molar-refractivity contribution is 6.03. The molecule has 1 aromatic carbocycles. The van der Waals surface area contributed by atoms with E-state index < -0.39 is 18.0 Å². The first-order chi connectivity index (χ1) is 12.3. The maximum absolute atomic E-state index is 12.5. The Morgan fingerprint density at radius 1 is 1.04 bits per heavy atom. The molecule has 6 heteroatoms. The molecule has 0 saturated carbocycles. The highest BCUT2D eigenvalue weighted by Crippen LogP contribution is 2.21. The number of H-pyrrole nitrogens is 1. The van der Waals surface area contributed by atoms with Crippen LogP contribution in [0.15, 0.2) is 24.3 Å². The molecular formula is C20H23NO5. The van der Waals surface area contributed by atoms with Gasteiger partial charge in [0.05, 0.1) is 12.2 Å². The summed E-state index contributed by atoms with van der Waals surface area (Å²) in [6, 6.07) is 7.06. The summed E-state index contributed by atoms with van der Waals surface area (Å²) in [5, 5.41) is 0.